The fraction of sp³-hybridized carbons (Fsp3) is 0.167. The number of carbonyl (C=O) groups is 1. The quantitative estimate of drug-likeness (QED) is 0.765. The lowest BCUT2D eigenvalue weighted by Crippen LogP contribution is -2.06. The first kappa shape index (κ1) is 12.7. The number of carboxylic acids is 1. The smallest absolute Gasteiger partial charge is 0.329 e. The van der Waals surface area contributed by atoms with E-state index in [1.807, 2.05) is 30.3 Å². The number of fused-ring (bicyclic) bond motifs is 1. The molecular formula is C12H10N4O3S. The first-order valence-corrected chi connectivity index (χ1v) is 6.62. The molecule has 3 rings (SSSR count). The average Bonchev–Trinajstić information content (AvgIpc) is 2.99. The third kappa shape index (κ3) is 2.51. The van der Waals surface area contributed by atoms with E-state index in [0.29, 0.717) is 15.8 Å². The second-order valence-electron chi connectivity index (χ2n) is 3.97. The predicted molar refractivity (Wildman–Crippen MR) is 71.4 cm³/mol. The van der Waals surface area contributed by atoms with Crippen LogP contribution >= 0.6 is 11.3 Å². The Morgan fingerprint density at radius 3 is 2.85 bits per heavy atom. The Balaban J connectivity index is 1.85. The van der Waals surface area contributed by atoms with Crippen LogP contribution < -0.4 is 0 Å². The summed E-state index contributed by atoms with van der Waals surface area (Å²) in [6.07, 6.45) is 0. The van der Waals surface area contributed by atoms with E-state index < -0.39 is 5.97 Å². The van der Waals surface area contributed by atoms with Gasteiger partial charge in [-0.2, -0.15) is 9.61 Å². The van der Waals surface area contributed by atoms with Crippen molar-refractivity contribution in [2.45, 2.75) is 6.61 Å². The predicted octanol–water partition coefficient (Wildman–Crippen LogP) is 1.45. The molecule has 20 heavy (non-hydrogen) atoms. The van der Waals surface area contributed by atoms with Crippen LogP contribution in [0.25, 0.3) is 16.3 Å². The molecular weight excluding hydrogens is 280 g/mol. The molecule has 7 nitrogen and oxygen atoms in total. The van der Waals surface area contributed by atoms with Crippen molar-refractivity contribution in [3.63, 3.8) is 0 Å². The van der Waals surface area contributed by atoms with Crippen molar-refractivity contribution < 1.29 is 14.6 Å². The third-order valence-corrected chi connectivity index (χ3v) is 3.39. The fourth-order valence-electron chi connectivity index (χ4n) is 1.71. The van der Waals surface area contributed by atoms with Crippen LogP contribution in [0, 0.1) is 0 Å². The first-order valence-electron chi connectivity index (χ1n) is 5.80. The van der Waals surface area contributed by atoms with Gasteiger partial charge in [0.25, 0.3) is 0 Å². The highest BCUT2D eigenvalue weighted by atomic mass is 32.1. The number of benzene rings is 1. The van der Waals surface area contributed by atoms with Gasteiger partial charge in [-0.3, -0.25) is 0 Å². The van der Waals surface area contributed by atoms with Gasteiger partial charge in [0.05, 0.1) is 0 Å². The lowest BCUT2D eigenvalue weighted by Gasteiger charge is -1.97. The Morgan fingerprint density at radius 1 is 1.30 bits per heavy atom. The number of hydrogen-bond acceptors (Lipinski definition) is 6. The van der Waals surface area contributed by atoms with E-state index in [1.54, 1.807) is 4.52 Å². The van der Waals surface area contributed by atoms with Gasteiger partial charge in [0.15, 0.2) is 5.82 Å². The largest absolute Gasteiger partial charge is 0.480 e. The van der Waals surface area contributed by atoms with E-state index in [0.717, 1.165) is 5.56 Å². The molecule has 0 aliphatic rings. The highest BCUT2D eigenvalue weighted by molar-refractivity contribution is 7.16. The summed E-state index contributed by atoms with van der Waals surface area (Å²) in [5, 5.41) is 21.7. The van der Waals surface area contributed by atoms with Crippen molar-refractivity contribution in [3.8, 4) is 11.4 Å². The van der Waals surface area contributed by atoms with E-state index in [-0.39, 0.29) is 13.2 Å². The van der Waals surface area contributed by atoms with Gasteiger partial charge in [-0.25, -0.2) is 4.79 Å². The molecule has 1 aromatic carbocycles. The van der Waals surface area contributed by atoms with Crippen LogP contribution in [0.5, 0.6) is 0 Å². The van der Waals surface area contributed by atoms with E-state index >= 15 is 0 Å². The molecule has 0 atom stereocenters. The molecule has 0 radical (unpaired) electrons. The highest BCUT2D eigenvalue weighted by Crippen LogP contribution is 2.21. The molecule has 0 saturated carbocycles. The summed E-state index contributed by atoms with van der Waals surface area (Å²) >= 11 is 1.32. The molecule has 8 heteroatoms. The summed E-state index contributed by atoms with van der Waals surface area (Å²) in [6.45, 7) is -0.194. The topological polar surface area (TPSA) is 89.6 Å². The zero-order valence-corrected chi connectivity index (χ0v) is 11.1. The monoisotopic (exact) mass is 290 g/mol. The van der Waals surface area contributed by atoms with Gasteiger partial charge in [0.1, 0.15) is 18.2 Å². The van der Waals surface area contributed by atoms with Crippen LogP contribution in [0.15, 0.2) is 30.3 Å². The van der Waals surface area contributed by atoms with E-state index in [2.05, 4.69) is 15.3 Å². The van der Waals surface area contributed by atoms with Crippen molar-refractivity contribution in [2.24, 2.45) is 0 Å². The van der Waals surface area contributed by atoms with Gasteiger partial charge in [-0.05, 0) is 0 Å². The second kappa shape index (κ2) is 5.35. The molecule has 2 heterocycles. The zero-order valence-electron chi connectivity index (χ0n) is 10.3. The lowest BCUT2D eigenvalue weighted by atomic mass is 10.2. The number of ether oxygens (including phenoxy) is 1. The molecule has 0 unspecified atom stereocenters. The Labute approximate surface area is 117 Å². The van der Waals surface area contributed by atoms with Crippen LogP contribution in [0.3, 0.4) is 0 Å². The molecule has 0 amide bonds. The van der Waals surface area contributed by atoms with Crippen LogP contribution in [0.2, 0.25) is 0 Å². The molecule has 0 bridgehead atoms. The minimum absolute atomic E-state index is 0.147. The van der Waals surface area contributed by atoms with Crippen molar-refractivity contribution >= 4 is 22.3 Å². The Morgan fingerprint density at radius 2 is 2.10 bits per heavy atom. The zero-order chi connectivity index (χ0) is 13.9. The van der Waals surface area contributed by atoms with Crippen LogP contribution in [-0.2, 0) is 16.1 Å². The molecule has 0 fully saturated rings. The minimum atomic E-state index is -1.00. The van der Waals surface area contributed by atoms with Crippen molar-refractivity contribution in [1.29, 1.82) is 0 Å². The van der Waals surface area contributed by atoms with Crippen LogP contribution in [-0.4, -0.2) is 37.5 Å². The highest BCUT2D eigenvalue weighted by Gasteiger charge is 2.13. The fourth-order valence-corrected chi connectivity index (χ4v) is 2.48. The van der Waals surface area contributed by atoms with Crippen LogP contribution in [0.4, 0.5) is 0 Å². The lowest BCUT2D eigenvalue weighted by molar-refractivity contribution is -0.142. The summed E-state index contributed by atoms with van der Waals surface area (Å²) in [5.74, 6) is -0.348. The van der Waals surface area contributed by atoms with Gasteiger partial charge in [0, 0.05) is 5.56 Å². The number of aliphatic carboxylic acids is 1. The average molecular weight is 290 g/mol. The number of carboxylic acid groups (broad SMARTS) is 1. The third-order valence-electron chi connectivity index (χ3n) is 2.52. The molecule has 0 spiro atoms. The Hall–Kier alpha value is -2.32. The minimum Gasteiger partial charge on any atom is -0.480 e. The van der Waals surface area contributed by atoms with E-state index in [9.17, 15) is 4.79 Å². The van der Waals surface area contributed by atoms with Gasteiger partial charge in [-0.15, -0.1) is 10.2 Å². The maximum atomic E-state index is 10.4. The van der Waals surface area contributed by atoms with Gasteiger partial charge in [-0.1, -0.05) is 41.7 Å². The SMILES string of the molecule is O=C(O)COCc1nn2c(-c3ccccc3)nnc2s1. The van der Waals surface area contributed by atoms with E-state index in [4.69, 9.17) is 9.84 Å². The summed E-state index contributed by atoms with van der Waals surface area (Å²) in [5.41, 5.74) is 0.920. The maximum absolute atomic E-state index is 10.4. The van der Waals surface area contributed by atoms with E-state index in [1.165, 1.54) is 11.3 Å². The van der Waals surface area contributed by atoms with Gasteiger partial charge < -0.3 is 9.84 Å². The van der Waals surface area contributed by atoms with Crippen molar-refractivity contribution in [1.82, 2.24) is 19.8 Å². The summed E-state index contributed by atoms with van der Waals surface area (Å²) in [7, 11) is 0. The van der Waals surface area contributed by atoms with Gasteiger partial charge >= 0.3 is 5.97 Å². The number of nitrogens with zero attached hydrogens (tertiary/aromatic N) is 4. The van der Waals surface area contributed by atoms with Crippen molar-refractivity contribution in [2.75, 3.05) is 6.61 Å². The van der Waals surface area contributed by atoms with Gasteiger partial charge in [0.2, 0.25) is 4.96 Å². The molecule has 102 valence electrons. The summed E-state index contributed by atoms with van der Waals surface area (Å²) in [6, 6.07) is 9.61. The number of rotatable bonds is 5. The molecule has 1 N–H and O–H groups in total. The Kier molecular flexibility index (Phi) is 3.40. The van der Waals surface area contributed by atoms with Crippen molar-refractivity contribution in [3.05, 3.63) is 35.3 Å². The molecule has 3 aromatic rings. The Bertz CT molecular complexity index is 738. The first-order chi connectivity index (χ1) is 9.74. The molecule has 0 aliphatic heterocycles. The normalized spacial score (nSPS) is 11.0. The number of aromatic nitrogens is 4. The second-order valence-corrected chi connectivity index (χ2v) is 5.01. The standard InChI is InChI=1S/C12H10N4O3S/c17-10(18)7-19-6-9-15-16-11(13-14-12(16)20-9)8-4-2-1-3-5-8/h1-5H,6-7H2,(H,17,18). The molecule has 2 aromatic heterocycles. The summed E-state index contributed by atoms with van der Waals surface area (Å²) < 4.78 is 6.65. The van der Waals surface area contributed by atoms with Crippen LogP contribution in [0.1, 0.15) is 5.01 Å². The number of hydrogen-bond donors (Lipinski definition) is 1. The maximum Gasteiger partial charge on any atom is 0.329 e. The molecule has 0 aliphatic carbocycles. The molecule has 0 saturated heterocycles. The summed E-state index contributed by atoms with van der Waals surface area (Å²) in [4.78, 5) is 11.0.